The molecular weight excluding hydrogens is 378 g/mol. The van der Waals surface area contributed by atoms with Crippen LogP contribution in [0.3, 0.4) is 0 Å². The number of hydrogen-bond donors (Lipinski definition) is 1. The van der Waals surface area contributed by atoms with Gasteiger partial charge in [-0.25, -0.2) is 4.79 Å². The van der Waals surface area contributed by atoms with E-state index in [1.165, 1.54) is 32.1 Å². The lowest BCUT2D eigenvalue weighted by molar-refractivity contribution is -0.121. The quantitative estimate of drug-likeness (QED) is 0.567. The van der Waals surface area contributed by atoms with Crippen LogP contribution in [0.15, 0.2) is 26.0 Å². The summed E-state index contributed by atoms with van der Waals surface area (Å²) >= 11 is 0. The molecule has 0 atom stereocenters. The van der Waals surface area contributed by atoms with Gasteiger partial charge in [-0.1, -0.05) is 32.1 Å². The summed E-state index contributed by atoms with van der Waals surface area (Å²) in [5.74, 6) is 0.0248. The molecule has 5 nitrogen and oxygen atoms in total. The fraction of sp³-hybridized carbons (Fsp3) is 0.520. The van der Waals surface area contributed by atoms with E-state index in [1.54, 1.807) is 6.26 Å². The van der Waals surface area contributed by atoms with E-state index < -0.39 is 0 Å². The molecule has 0 spiro atoms. The minimum atomic E-state index is -0.357. The summed E-state index contributed by atoms with van der Waals surface area (Å²) < 4.78 is 11.3. The van der Waals surface area contributed by atoms with Crippen molar-refractivity contribution in [3.8, 4) is 0 Å². The molecule has 1 N–H and O–H groups in total. The molecule has 5 heteroatoms. The van der Waals surface area contributed by atoms with Gasteiger partial charge in [-0.2, -0.15) is 0 Å². The van der Waals surface area contributed by atoms with Crippen LogP contribution in [0, 0.1) is 20.8 Å². The van der Waals surface area contributed by atoms with Crippen LogP contribution in [0.2, 0.25) is 0 Å². The monoisotopic (exact) mass is 409 g/mol. The van der Waals surface area contributed by atoms with Crippen LogP contribution in [0.5, 0.6) is 0 Å². The lowest BCUT2D eigenvalue weighted by Crippen LogP contribution is -2.35. The van der Waals surface area contributed by atoms with Crippen LogP contribution in [0.4, 0.5) is 0 Å². The number of furan rings is 1. The van der Waals surface area contributed by atoms with Gasteiger partial charge in [0, 0.05) is 34.4 Å². The molecule has 1 aliphatic carbocycles. The fourth-order valence-electron chi connectivity index (χ4n) is 4.75. The van der Waals surface area contributed by atoms with Gasteiger partial charge in [-0.3, -0.25) is 4.79 Å². The Balaban J connectivity index is 1.55. The van der Waals surface area contributed by atoms with Crippen LogP contribution < -0.4 is 10.9 Å². The van der Waals surface area contributed by atoms with Gasteiger partial charge < -0.3 is 14.2 Å². The fourth-order valence-corrected chi connectivity index (χ4v) is 4.75. The molecule has 1 saturated carbocycles. The normalized spacial score (nSPS) is 16.0. The van der Waals surface area contributed by atoms with E-state index in [0.29, 0.717) is 24.0 Å². The lowest BCUT2D eigenvalue weighted by Gasteiger charge is -2.21. The predicted molar refractivity (Wildman–Crippen MR) is 119 cm³/mol. The lowest BCUT2D eigenvalue weighted by atomic mass is 9.96. The summed E-state index contributed by atoms with van der Waals surface area (Å²) in [5, 5.41) is 5.13. The third-order valence-electron chi connectivity index (χ3n) is 6.61. The minimum Gasteiger partial charge on any atom is -0.464 e. The largest absolute Gasteiger partial charge is 0.464 e. The number of amides is 1. The highest BCUT2D eigenvalue weighted by molar-refractivity contribution is 5.99. The van der Waals surface area contributed by atoms with Gasteiger partial charge in [0.25, 0.3) is 0 Å². The Labute approximate surface area is 176 Å². The van der Waals surface area contributed by atoms with Gasteiger partial charge in [0.05, 0.1) is 6.26 Å². The summed E-state index contributed by atoms with van der Waals surface area (Å²) in [6.07, 6.45) is 10.7. The topological polar surface area (TPSA) is 72.5 Å². The Morgan fingerprint density at radius 3 is 2.43 bits per heavy atom. The molecule has 1 amide bonds. The highest BCUT2D eigenvalue weighted by Crippen LogP contribution is 2.32. The Hall–Kier alpha value is -2.56. The average Bonchev–Trinajstić information content (AvgIpc) is 3.06. The zero-order valence-corrected chi connectivity index (χ0v) is 18.2. The highest BCUT2D eigenvalue weighted by atomic mass is 16.4. The molecule has 0 unspecified atom stereocenters. The van der Waals surface area contributed by atoms with E-state index in [9.17, 15) is 9.59 Å². The van der Waals surface area contributed by atoms with Crippen LogP contribution in [-0.2, 0) is 11.2 Å². The minimum absolute atomic E-state index is 0.0248. The first kappa shape index (κ1) is 20.7. The van der Waals surface area contributed by atoms with E-state index >= 15 is 0 Å². The van der Waals surface area contributed by atoms with Crippen molar-refractivity contribution >= 4 is 27.8 Å². The van der Waals surface area contributed by atoms with Crippen molar-refractivity contribution in [3.05, 3.63) is 45.0 Å². The van der Waals surface area contributed by atoms with Crippen LogP contribution in [0.25, 0.3) is 21.9 Å². The SMILES string of the molecule is Cc1coc2c(C)c3oc(=O)c(CCC(=O)NC4CCCCCCC4)c(C)c3cc12. The van der Waals surface area contributed by atoms with Gasteiger partial charge in [0.15, 0.2) is 0 Å². The van der Waals surface area contributed by atoms with Crippen molar-refractivity contribution in [2.75, 3.05) is 0 Å². The smallest absolute Gasteiger partial charge is 0.339 e. The number of aryl methyl sites for hydroxylation is 3. The second kappa shape index (κ2) is 8.66. The average molecular weight is 410 g/mol. The van der Waals surface area contributed by atoms with Crippen molar-refractivity contribution in [1.29, 1.82) is 0 Å². The van der Waals surface area contributed by atoms with E-state index in [0.717, 1.165) is 45.9 Å². The standard InChI is InChI=1S/C25H31NO4/c1-15-14-29-23-17(3)24-21(13-20(15)23)16(2)19(25(28)30-24)11-12-22(27)26-18-9-7-5-4-6-8-10-18/h13-14,18H,4-12H2,1-3H3,(H,26,27). The zero-order valence-electron chi connectivity index (χ0n) is 18.2. The van der Waals surface area contributed by atoms with Crippen LogP contribution >= 0.6 is 0 Å². The van der Waals surface area contributed by atoms with Gasteiger partial charge in [0.1, 0.15) is 11.2 Å². The van der Waals surface area contributed by atoms with Crippen molar-refractivity contribution in [2.45, 2.75) is 84.6 Å². The second-order valence-corrected chi connectivity index (χ2v) is 8.78. The molecule has 2 heterocycles. The van der Waals surface area contributed by atoms with Crippen LogP contribution in [0.1, 0.15) is 73.6 Å². The van der Waals surface area contributed by atoms with E-state index in [-0.39, 0.29) is 17.6 Å². The molecule has 1 fully saturated rings. The molecule has 0 aliphatic heterocycles. The Morgan fingerprint density at radius 1 is 1.00 bits per heavy atom. The molecular formula is C25H31NO4. The Morgan fingerprint density at radius 2 is 1.70 bits per heavy atom. The van der Waals surface area contributed by atoms with Gasteiger partial charge in [-0.15, -0.1) is 0 Å². The van der Waals surface area contributed by atoms with Gasteiger partial charge in [0.2, 0.25) is 5.91 Å². The highest BCUT2D eigenvalue weighted by Gasteiger charge is 2.19. The molecule has 1 aliphatic rings. The number of benzene rings is 1. The maximum absolute atomic E-state index is 12.7. The zero-order chi connectivity index (χ0) is 21.3. The van der Waals surface area contributed by atoms with Crippen molar-refractivity contribution in [1.82, 2.24) is 5.32 Å². The first-order valence-corrected chi connectivity index (χ1v) is 11.2. The summed E-state index contributed by atoms with van der Waals surface area (Å²) in [7, 11) is 0. The number of fused-ring (bicyclic) bond motifs is 2. The summed E-state index contributed by atoms with van der Waals surface area (Å²) in [5.41, 5.74) is 4.35. The van der Waals surface area contributed by atoms with E-state index in [2.05, 4.69) is 5.32 Å². The van der Waals surface area contributed by atoms with E-state index in [1.807, 2.05) is 26.8 Å². The Bertz CT molecular complexity index is 1130. The molecule has 0 saturated heterocycles. The first-order chi connectivity index (χ1) is 14.5. The molecule has 160 valence electrons. The molecule has 2 aromatic heterocycles. The molecule has 1 aromatic carbocycles. The third-order valence-corrected chi connectivity index (χ3v) is 6.61. The number of carbonyl (C=O) groups excluding carboxylic acids is 1. The predicted octanol–water partition coefficient (Wildman–Crippen LogP) is 5.63. The van der Waals surface area contributed by atoms with Crippen molar-refractivity contribution in [2.24, 2.45) is 0 Å². The van der Waals surface area contributed by atoms with Gasteiger partial charge in [-0.05, 0) is 57.2 Å². The van der Waals surface area contributed by atoms with E-state index in [4.69, 9.17) is 8.83 Å². The number of rotatable bonds is 4. The van der Waals surface area contributed by atoms with Crippen molar-refractivity contribution < 1.29 is 13.6 Å². The number of hydrogen-bond acceptors (Lipinski definition) is 4. The number of nitrogens with one attached hydrogen (secondary N) is 1. The molecule has 0 radical (unpaired) electrons. The first-order valence-electron chi connectivity index (χ1n) is 11.2. The molecule has 4 rings (SSSR count). The maximum atomic E-state index is 12.7. The summed E-state index contributed by atoms with van der Waals surface area (Å²) in [6.45, 7) is 5.87. The molecule has 3 aromatic rings. The number of carbonyl (C=O) groups is 1. The molecule has 0 bridgehead atoms. The Kier molecular flexibility index (Phi) is 5.98. The van der Waals surface area contributed by atoms with Crippen molar-refractivity contribution in [3.63, 3.8) is 0 Å². The maximum Gasteiger partial charge on any atom is 0.339 e. The second-order valence-electron chi connectivity index (χ2n) is 8.78. The molecule has 30 heavy (non-hydrogen) atoms. The van der Waals surface area contributed by atoms with Gasteiger partial charge >= 0.3 is 5.63 Å². The third kappa shape index (κ3) is 4.03. The van der Waals surface area contributed by atoms with Crippen LogP contribution in [-0.4, -0.2) is 11.9 Å². The summed E-state index contributed by atoms with van der Waals surface area (Å²) in [6, 6.07) is 2.30. The summed E-state index contributed by atoms with van der Waals surface area (Å²) in [4.78, 5) is 25.3.